The maximum Gasteiger partial charge on any atom is 0.266 e. The number of rotatable bonds is 4. The fourth-order valence-corrected chi connectivity index (χ4v) is 3.21. The number of aromatic nitrogens is 3. The van der Waals surface area contributed by atoms with Gasteiger partial charge < -0.3 is 5.11 Å². The molecule has 2 aromatic heterocycles. The summed E-state index contributed by atoms with van der Waals surface area (Å²) in [6.07, 6.45) is 3.32. The Balaban J connectivity index is 1.95. The maximum atomic E-state index is 13.7. The lowest BCUT2D eigenvalue weighted by Gasteiger charge is -2.12. The zero-order chi connectivity index (χ0) is 20.4. The fourth-order valence-electron chi connectivity index (χ4n) is 2.99. The van der Waals surface area contributed by atoms with Crippen LogP contribution in [0.3, 0.4) is 0 Å². The average Bonchev–Trinajstić information content (AvgIpc) is 2.74. The number of hydrogen-bond acceptors (Lipinski definition) is 4. The van der Waals surface area contributed by atoms with E-state index in [1.54, 1.807) is 54.6 Å². The van der Waals surface area contributed by atoms with Crippen molar-refractivity contribution in [3.05, 3.63) is 99.1 Å². The highest BCUT2D eigenvalue weighted by Gasteiger charge is 2.14. The Morgan fingerprint density at radius 2 is 1.86 bits per heavy atom. The van der Waals surface area contributed by atoms with E-state index < -0.39 is 11.4 Å². The Morgan fingerprint density at radius 3 is 2.66 bits per heavy atom. The number of para-hydroxylation sites is 1. The quantitative estimate of drug-likeness (QED) is 0.549. The number of nitrogens with zero attached hydrogens (tertiary/aromatic N) is 3. The summed E-state index contributed by atoms with van der Waals surface area (Å²) in [4.78, 5) is 22.0. The van der Waals surface area contributed by atoms with Crippen molar-refractivity contribution in [1.82, 2.24) is 14.5 Å². The van der Waals surface area contributed by atoms with E-state index in [4.69, 9.17) is 11.6 Å². The SMILES string of the molecule is O=c1c2cc(F)ccc2nc(/C=C\c2cccc(CO)n2)n1-c1ccccc1Cl. The van der Waals surface area contributed by atoms with Crippen LogP contribution in [0.1, 0.15) is 17.2 Å². The second-order valence-electron chi connectivity index (χ2n) is 6.27. The summed E-state index contributed by atoms with van der Waals surface area (Å²) in [7, 11) is 0. The van der Waals surface area contributed by atoms with E-state index >= 15 is 0 Å². The molecular formula is C22H15ClFN3O2. The first-order valence-corrected chi connectivity index (χ1v) is 9.17. The monoisotopic (exact) mass is 407 g/mol. The molecule has 0 aliphatic carbocycles. The first-order chi connectivity index (χ1) is 14.1. The molecule has 1 N–H and O–H groups in total. The number of benzene rings is 2. The van der Waals surface area contributed by atoms with Crippen molar-refractivity contribution in [2.45, 2.75) is 6.61 Å². The molecule has 144 valence electrons. The largest absolute Gasteiger partial charge is 0.390 e. The molecule has 2 aromatic carbocycles. The predicted molar refractivity (Wildman–Crippen MR) is 111 cm³/mol. The van der Waals surface area contributed by atoms with E-state index in [0.29, 0.717) is 33.4 Å². The van der Waals surface area contributed by atoms with Gasteiger partial charge in [0.25, 0.3) is 5.56 Å². The molecule has 29 heavy (non-hydrogen) atoms. The lowest BCUT2D eigenvalue weighted by atomic mass is 10.2. The van der Waals surface area contributed by atoms with Crippen LogP contribution in [0.15, 0.2) is 65.5 Å². The maximum absolute atomic E-state index is 13.7. The minimum atomic E-state index is -0.518. The second kappa shape index (κ2) is 7.95. The van der Waals surface area contributed by atoms with Crippen molar-refractivity contribution in [1.29, 1.82) is 0 Å². The second-order valence-corrected chi connectivity index (χ2v) is 6.68. The van der Waals surface area contributed by atoms with Crippen LogP contribution in [0.25, 0.3) is 28.7 Å². The Bertz CT molecular complexity index is 1300. The summed E-state index contributed by atoms with van der Waals surface area (Å²) in [5, 5.41) is 9.78. The topological polar surface area (TPSA) is 68.0 Å². The predicted octanol–water partition coefficient (Wildman–Crippen LogP) is 4.24. The van der Waals surface area contributed by atoms with E-state index in [0.717, 1.165) is 6.07 Å². The zero-order valence-electron chi connectivity index (χ0n) is 15.1. The van der Waals surface area contributed by atoms with Crippen molar-refractivity contribution >= 4 is 34.7 Å². The number of fused-ring (bicyclic) bond motifs is 1. The van der Waals surface area contributed by atoms with Crippen LogP contribution in [0, 0.1) is 5.82 Å². The van der Waals surface area contributed by atoms with Crippen molar-refractivity contribution in [2.24, 2.45) is 0 Å². The van der Waals surface area contributed by atoms with Crippen molar-refractivity contribution < 1.29 is 9.50 Å². The molecule has 7 heteroatoms. The summed E-state index contributed by atoms with van der Waals surface area (Å²) < 4.78 is 15.1. The van der Waals surface area contributed by atoms with Gasteiger partial charge in [0.1, 0.15) is 11.6 Å². The van der Waals surface area contributed by atoms with Crippen LogP contribution in [-0.2, 0) is 6.61 Å². The third kappa shape index (κ3) is 3.81. The van der Waals surface area contributed by atoms with Crippen LogP contribution >= 0.6 is 11.6 Å². The van der Waals surface area contributed by atoms with Gasteiger partial charge in [-0.1, -0.05) is 29.8 Å². The van der Waals surface area contributed by atoms with E-state index in [1.165, 1.54) is 16.7 Å². The molecular weight excluding hydrogens is 393 g/mol. The molecule has 0 fully saturated rings. The molecule has 4 aromatic rings. The van der Waals surface area contributed by atoms with Crippen LogP contribution in [-0.4, -0.2) is 19.6 Å². The van der Waals surface area contributed by atoms with Crippen LogP contribution in [0.5, 0.6) is 0 Å². The number of pyridine rings is 1. The van der Waals surface area contributed by atoms with Gasteiger partial charge in [-0.05, 0) is 54.6 Å². The Morgan fingerprint density at radius 1 is 1.03 bits per heavy atom. The highest BCUT2D eigenvalue weighted by molar-refractivity contribution is 6.32. The summed E-state index contributed by atoms with van der Waals surface area (Å²) in [5.41, 5.74) is 1.50. The van der Waals surface area contributed by atoms with Gasteiger partial charge in [-0.15, -0.1) is 0 Å². The van der Waals surface area contributed by atoms with E-state index in [1.807, 2.05) is 0 Å². The molecule has 0 atom stereocenters. The van der Waals surface area contributed by atoms with Gasteiger partial charge in [-0.3, -0.25) is 14.3 Å². The molecule has 0 spiro atoms. The Kier molecular flexibility index (Phi) is 5.20. The molecule has 4 rings (SSSR count). The number of halogens is 2. The van der Waals surface area contributed by atoms with Crippen molar-refractivity contribution in [3.8, 4) is 5.69 Å². The third-order valence-corrected chi connectivity index (χ3v) is 4.66. The fraction of sp³-hybridized carbons (Fsp3) is 0.0455. The number of aliphatic hydroxyl groups is 1. The van der Waals surface area contributed by atoms with Gasteiger partial charge in [-0.25, -0.2) is 9.37 Å². The van der Waals surface area contributed by atoms with Crippen LogP contribution in [0.4, 0.5) is 4.39 Å². The molecule has 0 bridgehead atoms. The van der Waals surface area contributed by atoms with Gasteiger partial charge in [0, 0.05) is 0 Å². The number of hydrogen-bond donors (Lipinski definition) is 1. The van der Waals surface area contributed by atoms with Gasteiger partial charge in [-0.2, -0.15) is 0 Å². The van der Waals surface area contributed by atoms with Crippen LogP contribution < -0.4 is 5.56 Å². The Labute approximate surface area is 170 Å². The van der Waals surface area contributed by atoms with E-state index in [9.17, 15) is 14.3 Å². The lowest BCUT2D eigenvalue weighted by Crippen LogP contribution is -2.22. The highest BCUT2D eigenvalue weighted by atomic mass is 35.5. The summed E-state index contributed by atoms with van der Waals surface area (Å²) >= 11 is 6.32. The minimum Gasteiger partial charge on any atom is -0.390 e. The Hall–Kier alpha value is -3.35. The first-order valence-electron chi connectivity index (χ1n) is 8.79. The van der Waals surface area contributed by atoms with Crippen LogP contribution in [0.2, 0.25) is 5.02 Å². The lowest BCUT2D eigenvalue weighted by molar-refractivity contribution is 0.277. The highest BCUT2D eigenvalue weighted by Crippen LogP contribution is 2.22. The summed E-state index contributed by atoms with van der Waals surface area (Å²) in [6, 6.07) is 16.0. The molecule has 0 aliphatic rings. The third-order valence-electron chi connectivity index (χ3n) is 4.34. The molecule has 5 nitrogen and oxygen atoms in total. The minimum absolute atomic E-state index is 0.155. The van der Waals surface area contributed by atoms with Gasteiger partial charge in [0.05, 0.1) is 39.6 Å². The zero-order valence-corrected chi connectivity index (χ0v) is 15.8. The standard InChI is InChI=1S/C22H15ClFN3O2/c23-18-6-1-2-7-20(18)27-21(11-9-15-4-3-5-16(13-28)25-15)26-19-10-8-14(24)12-17(19)22(27)29/h1-12,28H,13H2/b11-9-. The summed E-state index contributed by atoms with van der Waals surface area (Å²) in [5.74, 6) is -0.200. The molecule has 0 saturated carbocycles. The van der Waals surface area contributed by atoms with Gasteiger partial charge in [0.15, 0.2) is 0 Å². The molecule has 0 aliphatic heterocycles. The van der Waals surface area contributed by atoms with E-state index in [2.05, 4.69) is 9.97 Å². The first kappa shape index (κ1) is 19.0. The van der Waals surface area contributed by atoms with Gasteiger partial charge >= 0.3 is 0 Å². The molecule has 0 amide bonds. The molecule has 2 heterocycles. The van der Waals surface area contributed by atoms with Crippen molar-refractivity contribution in [3.63, 3.8) is 0 Å². The molecule has 0 unspecified atom stereocenters. The molecule has 0 radical (unpaired) electrons. The normalized spacial score (nSPS) is 11.4. The van der Waals surface area contributed by atoms with E-state index in [-0.39, 0.29) is 12.0 Å². The summed E-state index contributed by atoms with van der Waals surface area (Å²) in [6.45, 7) is -0.175. The molecule has 0 saturated heterocycles. The smallest absolute Gasteiger partial charge is 0.266 e. The van der Waals surface area contributed by atoms with Gasteiger partial charge in [0.2, 0.25) is 0 Å². The van der Waals surface area contributed by atoms with Crippen molar-refractivity contribution in [2.75, 3.05) is 0 Å². The average molecular weight is 408 g/mol. The number of aliphatic hydroxyl groups excluding tert-OH is 1.